The number of ketones is 2. The standard InChI is InChI=1S/2C48H52ClF2N2O7P.CH4.H2/c2*1-30-21-22-36-43(25-40(52-46(36)45(30)49)31-13-7-5-8-14-31)59-35-24-41-42(54)27-48(61(57,58)29-37-38(50)19-12-20-39(37)51)26-33(48)16-9-4-2-3-6-15-32(47(56)53(41)28-35)23-44(55)60-34-17-10-11-18-34;;/h2*5,7-9,12-14,16,19-22,25,32-35,41H,2-4,6,10-11,15,17-18,23-24,26-29H2,1H3,(H,57,58);1H4;1H/b2*16-9-;;/t2*32-,33-,35-,41+,48-;;/m11../s1/i;;;1+1. The quantitative estimate of drug-likeness (QED) is 0.0351. The molecule has 4 saturated carbocycles. The van der Waals surface area contributed by atoms with Crippen molar-refractivity contribution in [1.82, 2.24) is 19.8 Å². The van der Waals surface area contributed by atoms with Crippen molar-refractivity contribution in [2.24, 2.45) is 23.7 Å². The minimum absolute atomic E-state index is 0. The molecule has 2 aromatic heterocycles. The second-order valence-electron chi connectivity index (χ2n) is 34.9. The number of aromatic nitrogens is 2. The Bertz CT molecular complexity index is 5080. The van der Waals surface area contributed by atoms with E-state index in [1.807, 2.05) is 135 Å². The van der Waals surface area contributed by atoms with Gasteiger partial charge in [0.1, 0.15) is 59.2 Å². The van der Waals surface area contributed by atoms with Crippen LogP contribution in [0.3, 0.4) is 0 Å². The van der Waals surface area contributed by atoms with Crippen molar-refractivity contribution in [2.75, 3.05) is 13.1 Å². The van der Waals surface area contributed by atoms with E-state index in [1.54, 1.807) is 0 Å². The Hall–Kier alpha value is -8.88. The fourth-order valence-electron chi connectivity index (χ4n) is 19.3. The summed E-state index contributed by atoms with van der Waals surface area (Å²) in [5, 5.41) is -0.712. The molecule has 123 heavy (non-hydrogen) atoms. The molecule has 2 unspecified atom stereocenters. The number of aryl methyl sites for hydroxylation is 2. The molecule has 2 amide bonds. The third-order valence-corrected chi connectivity index (χ3v) is 33.0. The van der Waals surface area contributed by atoms with Crippen molar-refractivity contribution in [1.29, 1.82) is 0 Å². The SMILES string of the molecule is C.Cc1ccc2c(O[C@@H]3C[C@H]4C(=O)C[C@]5(P(=O)(O)Cc6c(F)cccc6F)C[C@H]5/C=C\CCCCC[C@H](CC(=O)OC5CCCC5)C(=O)N4C3)cc(-c3ccccc3)nc2c1Cl.Cc1ccc2c(O[C@@H]3C[C@H]4C(=O)C[C@]5(P(=O)(O)Cc6c(F)cccc6F)C[C@H]5/C=C\CCCCC[C@H](CC(=O)OC5CCCC5)C(=O)N4C3)cc(-c3ccccc3)nc2c1Cl.[2HH]. The maximum absolute atomic E-state index is 14.9. The van der Waals surface area contributed by atoms with Gasteiger partial charge in [-0.15, -0.1) is 0 Å². The van der Waals surface area contributed by atoms with Gasteiger partial charge in [0.15, 0.2) is 11.6 Å². The Kier molecular flexibility index (Phi) is 28.6. The van der Waals surface area contributed by atoms with Crippen molar-refractivity contribution in [3.63, 3.8) is 0 Å². The van der Waals surface area contributed by atoms with Crippen LogP contribution in [0.15, 0.2) is 158 Å². The first-order chi connectivity index (χ1) is 58.7. The van der Waals surface area contributed by atoms with Crippen molar-refractivity contribution in [2.45, 2.75) is 247 Å². The predicted octanol–water partition coefficient (Wildman–Crippen LogP) is 22.3. The summed E-state index contributed by atoms with van der Waals surface area (Å²) in [6.45, 7) is 3.81. The molecule has 26 heteroatoms. The van der Waals surface area contributed by atoms with Crippen LogP contribution in [0.1, 0.15) is 198 Å². The molecule has 6 heterocycles. The zero-order valence-electron chi connectivity index (χ0n) is 68.7. The molecule has 6 aromatic carbocycles. The van der Waals surface area contributed by atoms with E-state index in [4.69, 9.17) is 52.1 Å². The normalized spacial score (nSPS) is 26.3. The number of ether oxygens (including phenoxy) is 4. The number of allylic oxidation sites excluding steroid dienone is 4. The number of hydrogen-bond donors (Lipinski definition) is 2. The number of amides is 2. The second-order valence-corrected chi connectivity index (χ2v) is 40.8. The molecule has 0 bridgehead atoms. The van der Waals surface area contributed by atoms with E-state index < -0.39 is 143 Å². The Labute approximate surface area is 727 Å². The molecular weight excluding hydrogens is 1650 g/mol. The highest BCUT2D eigenvalue weighted by molar-refractivity contribution is 7.59. The lowest BCUT2D eigenvalue weighted by Gasteiger charge is -2.30. The van der Waals surface area contributed by atoms with E-state index in [0.717, 1.165) is 124 Å². The van der Waals surface area contributed by atoms with Gasteiger partial charge in [-0.05, 0) is 176 Å². The van der Waals surface area contributed by atoms with Crippen LogP contribution in [-0.2, 0) is 59.7 Å². The molecule has 2 saturated heterocycles. The van der Waals surface area contributed by atoms with Gasteiger partial charge in [0, 0.05) is 84.1 Å². The van der Waals surface area contributed by atoms with Crippen molar-refractivity contribution in [3.8, 4) is 34.0 Å². The van der Waals surface area contributed by atoms with Gasteiger partial charge in [0.25, 0.3) is 0 Å². The molecule has 0 radical (unpaired) electrons. The number of fused-ring (bicyclic) bond motifs is 6. The molecule has 12 atom stereocenters. The average Bonchev–Trinajstić information content (AvgIpc) is 1.55. The van der Waals surface area contributed by atoms with Gasteiger partial charge in [0.2, 0.25) is 26.6 Å². The van der Waals surface area contributed by atoms with Crippen LogP contribution < -0.4 is 9.47 Å². The molecular formula is C97H110Cl2F4N4O14P2. The van der Waals surface area contributed by atoms with Crippen LogP contribution in [0.25, 0.3) is 44.3 Å². The van der Waals surface area contributed by atoms with Crippen LogP contribution in [0.2, 0.25) is 10.0 Å². The molecule has 2 N–H and O–H groups in total. The topological polar surface area (TPSA) is 246 Å². The highest BCUT2D eigenvalue weighted by atomic mass is 35.5. The number of esters is 2. The molecule has 8 aliphatic rings. The zero-order valence-corrected chi connectivity index (χ0v) is 72.0. The van der Waals surface area contributed by atoms with Crippen molar-refractivity contribution < 1.29 is 85.6 Å². The van der Waals surface area contributed by atoms with Gasteiger partial charge >= 0.3 is 11.9 Å². The predicted molar refractivity (Wildman–Crippen MR) is 470 cm³/mol. The maximum Gasteiger partial charge on any atom is 0.306 e. The summed E-state index contributed by atoms with van der Waals surface area (Å²) in [6, 6.07) is 34.8. The highest BCUT2D eigenvalue weighted by Gasteiger charge is 2.67. The van der Waals surface area contributed by atoms with E-state index in [-0.39, 0.29) is 97.3 Å². The van der Waals surface area contributed by atoms with Crippen LogP contribution >= 0.6 is 37.9 Å². The lowest BCUT2D eigenvalue weighted by molar-refractivity contribution is -0.154. The summed E-state index contributed by atoms with van der Waals surface area (Å²) in [6.07, 6.45) is 17.6. The minimum Gasteiger partial charge on any atom is -0.488 e. The number of Topliss-reactive ketones (excluding diaryl/α,β-unsaturated/α-hetero) is 2. The first kappa shape index (κ1) is 90.4. The molecule has 4 aliphatic carbocycles. The lowest BCUT2D eigenvalue weighted by Crippen LogP contribution is -2.45. The molecule has 654 valence electrons. The van der Waals surface area contributed by atoms with Crippen LogP contribution in [0.5, 0.6) is 11.5 Å². The van der Waals surface area contributed by atoms with Gasteiger partial charge < -0.3 is 38.5 Å². The van der Waals surface area contributed by atoms with Gasteiger partial charge in [-0.2, -0.15) is 0 Å². The average molecular weight is 1770 g/mol. The number of hydrogen-bond acceptors (Lipinski definition) is 14. The van der Waals surface area contributed by atoms with Gasteiger partial charge in [-0.1, -0.05) is 166 Å². The molecule has 18 nitrogen and oxygen atoms in total. The monoisotopic (exact) mass is 1760 g/mol. The van der Waals surface area contributed by atoms with E-state index in [2.05, 4.69) is 0 Å². The van der Waals surface area contributed by atoms with E-state index in [0.29, 0.717) is 93.3 Å². The van der Waals surface area contributed by atoms with E-state index in [1.165, 1.54) is 21.9 Å². The zero-order chi connectivity index (χ0) is 85.8. The summed E-state index contributed by atoms with van der Waals surface area (Å²) < 4.78 is 114. The highest BCUT2D eigenvalue weighted by Crippen LogP contribution is 2.76. The van der Waals surface area contributed by atoms with Gasteiger partial charge in [0.05, 0.1) is 93.1 Å². The first-order valence-electron chi connectivity index (χ1n) is 43.2. The van der Waals surface area contributed by atoms with Crippen molar-refractivity contribution >= 4 is 95.1 Å². The number of pyridine rings is 2. The molecule has 8 aromatic rings. The fourth-order valence-corrected chi connectivity index (χ4v) is 24.8. The molecule has 6 fully saturated rings. The smallest absolute Gasteiger partial charge is 0.306 e. The van der Waals surface area contributed by atoms with Crippen LogP contribution in [0.4, 0.5) is 17.6 Å². The Morgan fingerprint density at radius 3 is 1.24 bits per heavy atom. The summed E-state index contributed by atoms with van der Waals surface area (Å²) in [4.78, 5) is 123. The largest absolute Gasteiger partial charge is 0.488 e. The fraction of sp³-hybridized carbons (Fsp3) is 0.464. The number of carbonyl (C=O) groups is 6. The summed E-state index contributed by atoms with van der Waals surface area (Å²) in [7, 11) is -8.92. The number of benzene rings is 6. The Morgan fingerprint density at radius 2 is 0.862 bits per heavy atom. The third-order valence-electron chi connectivity index (χ3n) is 26.4. The summed E-state index contributed by atoms with van der Waals surface area (Å²) in [5.41, 5.74) is 4.68. The number of halogens is 6. The minimum atomic E-state index is -4.46. The van der Waals surface area contributed by atoms with E-state index >= 15 is 0 Å². The maximum atomic E-state index is 14.9. The first-order valence-corrected chi connectivity index (χ1v) is 47.6. The number of rotatable bonds is 18. The van der Waals surface area contributed by atoms with Gasteiger partial charge in [-0.25, -0.2) is 27.5 Å². The summed E-state index contributed by atoms with van der Waals surface area (Å²) in [5.74, 6) is -7.75. The molecule has 0 spiro atoms. The second kappa shape index (κ2) is 38.9. The number of carbonyl (C=O) groups excluding carboxylic acids is 6. The number of nitrogens with zero attached hydrogens (tertiary/aromatic N) is 4. The Balaban J connectivity index is 0.000000210. The van der Waals surface area contributed by atoms with Crippen LogP contribution in [-0.4, -0.2) is 125 Å². The van der Waals surface area contributed by atoms with Crippen LogP contribution in [0, 0.1) is 60.8 Å². The third kappa shape index (κ3) is 20.2. The van der Waals surface area contributed by atoms with Crippen molar-refractivity contribution in [3.05, 3.63) is 213 Å². The Morgan fingerprint density at radius 1 is 0.496 bits per heavy atom. The molecule has 16 rings (SSSR count). The molecule has 4 aliphatic heterocycles. The van der Waals surface area contributed by atoms with Gasteiger partial charge in [-0.3, -0.25) is 37.9 Å². The van der Waals surface area contributed by atoms with E-state index in [9.17, 15) is 65.2 Å². The summed E-state index contributed by atoms with van der Waals surface area (Å²) >= 11 is 13.7. The lowest BCUT2D eigenvalue weighted by atomic mass is 9.94.